The molecule has 33 heavy (non-hydrogen) atoms. The average Bonchev–Trinajstić information content (AvgIpc) is 3.46. The number of thiol groups is 1. The number of aromatic amines is 1. The minimum absolute atomic E-state index is 0.0212. The van der Waals surface area contributed by atoms with Gasteiger partial charge in [0.1, 0.15) is 18.1 Å². The Kier molecular flexibility index (Phi) is 9.66. The van der Waals surface area contributed by atoms with Gasteiger partial charge in [0.05, 0.1) is 12.4 Å². The minimum Gasteiger partial charge on any atom is -0.481 e. The van der Waals surface area contributed by atoms with Crippen molar-refractivity contribution < 1.29 is 34.2 Å². The van der Waals surface area contributed by atoms with Crippen LogP contribution < -0.4 is 16.4 Å². The van der Waals surface area contributed by atoms with Crippen LogP contribution in [0.25, 0.3) is 0 Å². The molecular weight excluding hydrogens is 456 g/mol. The van der Waals surface area contributed by atoms with Crippen LogP contribution in [0.5, 0.6) is 0 Å². The Balaban J connectivity index is 2.12. The molecule has 3 amide bonds. The van der Waals surface area contributed by atoms with Crippen LogP contribution in [-0.4, -0.2) is 91.2 Å². The highest BCUT2D eigenvalue weighted by Crippen LogP contribution is 2.20. The second-order valence-electron chi connectivity index (χ2n) is 7.65. The quantitative estimate of drug-likeness (QED) is 0.165. The minimum atomic E-state index is -1.25. The van der Waals surface area contributed by atoms with Crippen LogP contribution in [0.3, 0.4) is 0 Å². The number of amides is 3. The summed E-state index contributed by atoms with van der Waals surface area (Å²) in [5, 5.41) is 23.4. The number of carbonyl (C=O) groups is 5. The van der Waals surface area contributed by atoms with E-state index in [1.807, 2.05) is 0 Å². The molecule has 1 aromatic heterocycles. The number of hydrogen-bond acceptors (Lipinski definition) is 8. The molecule has 1 aromatic rings. The lowest BCUT2D eigenvalue weighted by molar-refractivity contribution is -0.145. The second kappa shape index (κ2) is 12.2. The third-order valence-corrected chi connectivity index (χ3v) is 5.62. The number of nitrogens with one attached hydrogen (secondary N) is 3. The molecule has 0 bridgehead atoms. The lowest BCUT2D eigenvalue weighted by atomic mass is 10.1. The summed E-state index contributed by atoms with van der Waals surface area (Å²) in [6, 6.07) is -4.39. The Morgan fingerprint density at radius 1 is 1.24 bits per heavy atom. The van der Waals surface area contributed by atoms with E-state index >= 15 is 0 Å². The van der Waals surface area contributed by atoms with Gasteiger partial charge in [-0.2, -0.15) is 12.6 Å². The fourth-order valence-electron chi connectivity index (χ4n) is 3.47. The van der Waals surface area contributed by atoms with Gasteiger partial charge in [0.2, 0.25) is 17.7 Å². The topological polar surface area (TPSA) is 208 Å². The average molecular weight is 485 g/mol. The van der Waals surface area contributed by atoms with Gasteiger partial charge in [-0.1, -0.05) is 0 Å². The Hall–Kier alpha value is -3.13. The van der Waals surface area contributed by atoms with Gasteiger partial charge in [-0.15, -0.1) is 0 Å². The summed E-state index contributed by atoms with van der Waals surface area (Å²) < 4.78 is 0. The standard InChI is InChI=1S/C19H28N6O7S/c20-11(8-33)16(28)23-12(3-4-15(26)27)18(30)25-5-1-2-14(25)17(29)24-13(19(31)32)6-10-7-21-9-22-10/h7,9,11-14,33H,1-6,8,20H2,(H,21,22)(H,23,28)(H,24,29)(H,26,27)(H,31,32). The number of nitrogens with zero attached hydrogens (tertiary/aromatic N) is 2. The van der Waals surface area contributed by atoms with Gasteiger partial charge in [0.25, 0.3) is 0 Å². The van der Waals surface area contributed by atoms with Crippen molar-refractivity contribution in [1.29, 1.82) is 0 Å². The molecule has 1 aliphatic rings. The number of likely N-dealkylation sites (tertiary alicyclic amines) is 1. The highest BCUT2D eigenvalue weighted by Gasteiger charge is 2.39. The van der Waals surface area contributed by atoms with Crippen LogP contribution in [0.2, 0.25) is 0 Å². The lowest BCUT2D eigenvalue weighted by Crippen LogP contribution is -2.57. The molecule has 7 N–H and O–H groups in total. The summed E-state index contributed by atoms with van der Waals surface area (Å²) in [6.07, 6.45) is 3.00. The molecule has 13 nitrogen and oxygen atoms in total. The summed E-state index contributed by atoms with van der Waals surface area (Å²) in [7, 11) is 0. The van der Waals surface area contributed by atoms with Crippen molar-refractivity contribution in [2.24, 2.45) is 5.73 Å². The molecule has 1 aliphatic heterocycles. The molecule has 0 saturated carbocycles. The molecule has 1 fully saturated rings. The maximum absolute atomic E-state index is 13.1. The monoisotopic (exact) mass is 484 g/mol. The van der Waals surface area contributed by atoms with Gasteiger partial charge in [0, 0.05) is 37.0 Å². The fraction of sp³-hybridized carbons (Fsp3) is 0.579. The van der Waals surface area contributed by atoms with Crippen molar-refractivity contribution in [3.63, 3.8) is 0 Å². The normalized spacial score (nSPS) is 18.2. The third kappa shape index (κ3) is 7.46. The number of imidazole rings is 1. The van der Waals surface area contributed by atoms with Gasteiger partial charge < -0.3 is 36.5 Å². The zero-order valence-corrected chi connectivity index (χ0v) is 18.7. The van der Waals surface area contributed by atoms with E-state index in [0.29, 0.717) is 18.5 Å². The first kappa shape index (κ1) is 26.1. The Labute approximate surface area is 194 Å². The van der Waals surface area contributed by atoms with Crippen LogP contribution in [-0.2, 0) is 30.4 Å². The van der Waals surface area contributed by atoms with Crippen LogP contribution in [0.15, 0.2) is 12.5 Å². The second-order valence-corrected chi connectivity index (χ2v) is 8.02. The SMILES string of the molecule is NC(CS)C(=O)NC(CCC(=O)O)C(=O)N1CCCC1C(=O)NC(Cc1cnc[nH]1)C(=O)O. The van der Waals surface area contributed by atoms with E-state index in [9.17, 15) is 29.1 Å². The molecule has 0 spiro atoms. The van der Waals surface area contributed by atoms with Crippen LogP contribution in [0.1, 0.15) is 31.4 Å². The van der Waals surface area contributed by atoms with E-state index in [-0.39, 0.29) is 31.6 Å². The summed E-state index contributed by atoms with van der Waals surface area (Å²) in [5.41, 5.74) is 6.15. The zero-order chi connectivity index (χ0) is 24.5. The molecule has 4 atom stereocenters. The van der Waals surface area contributed by atoms with Gasteiger partial charge >= 0.3 is 11.9 Å². The predicted octanol–water partition coefficient (Wildman–Crippen LogP) is -1.88. The molecule has 0 aromatic carbocycles. The Morgan fingerprint density at radius 3 is 2.55 bits per heavy atom. The van der Waals surface area contributed by atoms with E-state index in [4.69, 9.17) is 10.8 Å². The van der Waals surface area contributed by atoms with Crippen molar-refractivity contribution in [3.8, 4) is 0 Å². The van der Waals surface area contributed by atoms with E-state index in [2.05, 4.69) is 33.2 Å². The number of carboxylic acids is 2. The maximum Gasteiger partial charge on any atom is 0.326 e. The summed E-state index contributed by atoms with van der Waals surface area (Å²) >= 11 is 3.94. The summed E-state index contributed by atoms with van der Waals surface area (Å²) in [4.78, 5) is 68.6. The first-order valence-corrected chi connectivity index (χ1v) is 11.0. The third-order valence-electron chi connectivity index (χ3n) is 5.23. The summed E-state index contributed by atoms with van der Waals surface area (Å²) in [6.45, 7) is 0.202. The van der Waals surface area contributed by atoms with E-state index in [1.165, 1.54) is 17.4 Å². The Bertz CT molecular complexity index is 865. The number of carbonyl (C=O) groups excluding carboxylic acids is 3. The number of aromatic nitrogens is 2. The first-order valence-electron chi connectivity index (χ1n) is 10.3. The van der Waals surface area contributed by atoms with Crippen molar-refractivity contribution in [2.75, 3.05) is 12.3 Å². The zero-order valence-electron chi connectivity index (χ0n) is 17.8. The van der Waals surface area contributed by atoms with Gasteiger partial charge in [-0.25, -0.2) is 9.78 Å². The van der Waals surface area contributed by atoms with Gasteiger partial charge in [0.15, 0.2) is 0 Å². The first-order chi connectivity index (χ1) is 15.6. The highest BCUT2D eigenvalue weighted by atomic mass is 32.1. The number of rotatable bonds is 12. The largest absolute Gasteiger partial charge is 0.481 e. The van der Waals surface area contributed by atoms with E-state index in [1.54, 1.807) is 0 Å². The van der Waals surface area contributed by atoms with Gasteiger partial charge in [-0.05, 0) is 19.3 Å². The van der Waals surface area contributed by atoms with Crippen LogP contribution in [0, 0.1) is 0 Å². The molecule has 4 unspecified atom stereocenters. The van der Waals surface area contributed by atoms with E-state index in [0.717, 1.165) is 0 Å². The molecule has 1 saturated heterocycles. The smallest absolute Gasteiger partial charge is 0.326 e. The van der Waals surface area contributed by atoms with Crippen LogP contribution in [0.4, 0.5) is 0 Å². The lowest BCUT2D eigenvalue weighted by Gasteiger charge is -2.29. The number of aliphatic carboxylic acids is 2. The fourth-order valence-corrected chi connectivity index (χ4v) is 3.64. The van der Waals surface area contributed by atoms with Crippen molar-refractivity contribution >= 4 is 42.3 Å². The molecular formula is C19H28N6O7S. The molecule has 182 valence electrons. The Morgan fingerprint density at radius 2 is 1.97 bits per heavy atom. The molecule has 2 rings (SSSR count). The predicted molar refractivity (Wildman–Crippen MR) is 117 cm³/mol. The van der Waals surface area contributed by atoms with E-state index < -0.39 is 53.8 Å². The van der Waals surface area contributed by atoms with Crippen molar-refractivity contribution in [2.45, 2.75) is 56.3 Å². The molecule has 0 radical (unpaired) electrons. The number of H-pyrrole nitrogens is 1. The van der Waals surface area contributed by atoms with Gasteiger partial charge in [-0.3, -0.25) is 19.2 Å². The van der Waals surface area contributed by atoms with Crippen LogP contribution >= 0.6 is 12.6 Å². The summed E-state index contributed by atoms with van der Waals surface area (Å²) in [5.74, 6) is -4.33. The van der Waals surface area contributed by atoms with Crippen molar-refractivity contribution in [3.05, 3.63) is 18.2 Å². The maximum atomic E-state index is 13.1. The van der Waals surface area contributed by atoms with Crippen molar-refractivity contribution in [1.82, 2.24) is 25.5 Å². The highest BCUT2D eigenvalue weighted by molar-refractivity contribution is 7.80. The molecule has 0 aliphatic carbocycles. The molecule has 2 heterocycles. The number of nitrogens with two attached hydrogens (primary N) is 1. The molecule has 14 heteroatoms. The number of carboxylic acid groups (broad SMARTS) is 2. The number of hydrogen-bond donors (Lipinski definition) is 7.